The van der Waals surface area contributed by atoms with Crippen LogP contribution in [-0.4, -0.2) is 16.1 Å². The highest BCUT2D eigenvalue weighted by atomic mass is 16.5. The molecular weight excluding hydrogens is 250 g/mol. The van der Waals surface area contributed by atoms with Gasteiger partial charge in [-0.2, -0.15) is 0 Å². The number of nitrogens with two attached hydrogens (primary N) is 1. The largest absolute Gasteiger partial charge is 0.460 e. The summed E-state index contributed by atoms with van der Waals surface area (Å²) in [6, 6.07) is 0.474. The molecule has 0 saturated heterocycles. The number of ether oxygens (including phenoxy) is 1. The van der Waals surface area contributed by atoms with Crippen molar-refractivity contribution < 1.29 is 4.74 Å². The van der Waals surface area contributed by atoms with Gasteiger partial charge < -0.3 is 10.5 Å². The van der Waals surface area contributed by atoms with E-state index in [1.807, 2.05) is 0 Å². The molecule has 1 unspecified atom stereocenters. The predicted molar refractivity (Wildman–Crippen MR) is 77.1 cm³/mol. The Morgan fingerprint density at radius 2 is 1.60 bits per heavy atom. The second-order valence-electron chi connectivity index (χ2n) is 7.34. The van der Waals surface area contributed by atoms with E-state index < -0.39 is 0 Å². The van der Waals surface area contributed by atoms with Gasteiger partial charge in [-0.05, 0) is 63.2 Å². The van der Waals surface area contributed by atoms with Crippen LogP contribution in [0.2, 0.25) is 0 Å². The number of hydrogen-bond donors (Lipinski definition) is 1. The minimum Gasteiger partial charge on any atom is -0.460 e. The summed E-state index contributed by atoms with van der Waals surface area (Å²) in [6.07, 6.45) is 11.9. The lowest BCUT2D eigenvalue weighted by Crippen LogP contribution is -2.52. The first-order valence-electron chi connectivity index (χ1n) is 7.87. The standard InChI is InChI=1S/C16H23N3O/c1-10(20-15-18-8-14(17)9-19-15)16-5-11-2-12(6-16)4-13(3-11)7-16/h8-13H,2-7,17H2,1H3. The minimum absolute atomic E-state index is 0.208. The van der Waals surface area contributed by atoms with Crippen LogP contribution in [0.25, 0.3) is 0 Å². The molecule has 2 N–H and O–H groups in total. The summed E-state index contributed by atoms with van der Waals surface area (Å²) in [4.78, 5) is 8.37. The van der Waals surface area contributed by atoms with Gasteiger partial charge in [-0.1, -0.05) is 0 Å². The van der Waals surface area contributed by atoms with Gasteiger partial charge in [0.15, 0.2) is 0 Å². The molecule has 0 radical (unpaired) electrons. The van der Waals surface area contributed by atoms with Crippen molar-refractivity contribution in [1.82, 2.24) is 9.97 Å². The zero-order chi connectivity index (χ0) is 13.7. The van der Waals surface area contributed by atoms with Gasteiger partial charge in [0.1, 0.15) is 6.10 Å². The van der Waals surface area contributed by atoms with E-state index >= 15 is 0 Å². The van der Waals surface area contributed by atoms with Crippen molar-refractivity contribution in [3.63, 3.8) is 0 Å². The van der Waals surface area contributed by atoms with Gasteiger partial charge in [0, 0.05) is 5.41 Å². The summed E-state index contributed by atoms with van der Waals surface area (Å²) in [5, 5.41) is 0. The number of hydrogen-bond acceptors (Lipinski definition) is 4. The van der Waals surface area contributed by atoms with Crippen molar-refractivity contribution in [2.24, 2.45) is 23.2 Å². The normalized spacial score (nSPS) is 39.8. The van der Waals surface area contributed by atoms with Crippen LogP contribution in [0.3, 0.4) is 0 Å². The molecule has 4 aliphatic rings. The van der Waals surface area contributed by atoms with Gasteiger partial charge >= 0.3 is 6.01 Å². The van der Waals surface area contributed by atoms with E-state index in [1.165, 1.54) is 38.5 Å². The van der Waals surface area contributed by atoms with Gasteiger partial charge in [0.05, 0.1) is 18.1 Å². The van der Waals surface area contributed by atoms with Crippen LogP contribution in [0.5, 0.6) is 6.01 Å². The zero-order valence-corrected chi connectivity index (χ0v) is 12.1. The van der Waals surface area contributed by atoms with Crippen LogP contribution >= 0.6 is 0 Å². The van der Waals surface area contributed by atoms with E-state index in [1.54, 1.807) is 12.4 Å². The Morgan fingerprint density at radius 1 is 1.10 bits per heavy atom. The molecule has 0 aliphatic heterocycles. The average molecular weight is 273 g/mol. The van der Waals surface area contributed by atoms with Crippen LogP contribution < -0.4 is 10.5 Å². The fourth-order valence-electron chi connectivity index (χ4n) is 5.35. The fraction of sp³-hybridized carbons (Fsp3) is 0.750. The van der Waals surface area contributed by atoms with Crippen molar-refractivity contribution in [3.8, 4) is 6.01 Å². The highest BCUT2D eigenvalue weighted by molar-refractivity contribution is 5.30. The molecule has 4 heteroatoms. The van der Waals surface area contributed by atoms with Gasteiger partial charge in [-0.15, -0.1) is 0 Å². The summed E-state index contributed by atoms with van der Waals surface area (Å²) in [7, 11) is 0. The van der Waals surface area contributed by atoms with Crippen LogP contribution in [0.15, 0.2) is 12.4 Å². The van der Waals surface area contributed by atoms with Crippen LogP contribution in [-0.2, 0) is 0 Å². The molecule has 108 valence electrons. The molecule has 1 heterocycles. The first-order valence-corrected chi connectivity index (χ1v) is 7.87. The lowest BCUT2D eigenvalue weighted by molar-refractivity contribution is -0.107. The molecule has 1 atom stereocenters. The van der Waals surface area contributed by atoms with Crippen LogP contribution in [0, 0.1) is 23.2 Å². The van der Waals surface area contributed by atoms with E-state index in [4.69, 9.17) is 10.5 Å². The molecular formula is C16H23N3O. The number of aromatic nitrogens is 2. The lowest BCUT2D eigenvalue weighted by Gasteiger charge is -2.58. The molecule has 0 amide bonds. The number of nitrogens with zero attached hydrogens (tertiary/aromatic N) is 2. The molecule has 20 heavy (non-hydrogen) atoms. The highest BCUT2D eigenvalue weighted by Crippen LogP contribution is 2.61. The monoisotopic (exact) mass is 273 g/mol. The van der Waals surface area contributed by atoms with Crippen LogP contribution in [0.4, 0.5) is 5.69 Å². The molecule has 0 spiro atoms. The smallest absolute Gasteiger partial charge is 0.316 e. The highest BCUT2D eigenvalue weighted by Gasteiger charge is 2.54. The van der Waals surface area contributed by atoms with Gasteiger partial charge in [-0.25, -0.2) is 9.97 Å². The minimum atomic E-state index is 0.208. The Morgan fingerprint density at radius 3 is 2.10 bits per heavy atom. The Labute approximate surface area is 120 Å². The average Bonchev–Trinajstić information content (AvgIpc) is 2.40. The van der Waals surface area contributed by atoms with Gasteiger partial charge in [-0.3, -0.25) is 0 Å². The summed E-state index contributed by atoms with van der Waals surface area (Å²) in [6.45, 7) is 2.22. The van der Waals surface area contributed by atoms with E-state index in [2.05, 4.69) is 16.9 Å². The van der Waals surface area contributed by atoms with Crippen molar-refractivity contribution in [3.05, 3.63) is 12.4 Å². The molecule has 1 aromatic heterocycles. The van der Waals surface area contributed by atoms with Crippen molar-refractivity contribution in [2.45, 2.75) is 51.6 Å². The third kappa shape index (κ3) is 1.97. The van der Waals surface area contributed by atoms with E-state index in [0.717, 1.165) is 17.8 Å². The predicted octanol–water partition coefficient (Wildman–Crippen LogP) is 3.04. The van der Waals surface area contributed by atoms with Crippen molar-refractivity contribution >= 4 is 5.69 Å². The second-order valence-corrected chi connectivity index (χ2v) is 7.34. The SMILES string of the molecule is CC(Oc1ncc(N)cn1)C12CC3CC(CC(C3)C1)C2. The van der Waals surface area contributed by atoms with E-state index in [0.29, 0.717) is 17.1 Å². The first-order chi connectivity index (χ1) is 9.63. The molecule has 4 saturated carbocycles. The van der Waals surface area contributed by atoms with Crippen molar-refractivity contribution in [1.29, 1.82) is 0 Å². The molecule has 0 aromatic carbocycles. The van der Waals surface area contributed by atoms with E-state index in [-0.39, 0.29) is 6.10 Å². The zero-order valence-electron chi connectivity index (χ0n) is 12.1. The molecule has 4 nitrogen and oxygen atoms in total. The topological polar surface area (TPSA) is 61.0 Å². The van der Waals surface area contributed by atoms with E-state index in [9.17, 15) is 0 Å². The molecule has 4 fully saturated rings. The summed E-state index contributed by atoms with van der Waals surface area (Å²) in [5.41, 5.74) is 6.58. The maximum Gasteiger partial charge on any atom is 0.316 e. The Kier molecular flexibility index (Phi) is 2.69. The third-order valence-corrected chi connectivity index (χ3v) is 5.88. The van der Waals surface area contributed by atoms with Gasteiger partial charge in [0.25, 0.3) is 0 Å². The van der Waals surface area contributed by atoms with Gasteiger partial charge in [0.2, 0.25) is 0 Å². The first kappa shape index (κ1) is 12.4. The molecule has 5 rings (SSSR count). The molecule has 1 aromatic rings. The Balaban J connectivity index is 1.53. The maximum absolute atomic E-state index is 6.08. The summed E-state index contributed by atoms with van der Waals surface area (Å²) in [5.74, 6) is 2.83. The number of anilines is 1. The second kappa shape index (κ2) is 4.34. The Bertz CT molecular complexity index is 464. The Hall–Kier alpha value is -1.32. The quantitative estimate of drug-likeness (QED) is 0.919. The maximum atomic E-state index is 6.08. The molecule has 4 bridgehead atoms. The summed E-state index contributed by atoms with van der Waals surface area (Å²) >= 11 is 0. The fourth-order valence-corrected chi connectivity index (χ4v) is 5.35. The summed E-state index contributed by atoms with van der Waals surface area (Å²) < 4.78 is 6.08. The molecule has 4 aliphatic carbocycles. The van der Waals surface area contributed by atoms with Crippen LogP contribution in [0.1, 0.15) is 45.4 Å². The number of nitrogen functional groups attached to an aromatic ring is 1. The van der Waals surface area contributed by atoms with Crippen molar-refractivity contribution in [2.75, 3.05) is 5.73 Å². The third-order valence-electron chi connectivity index (χ3n) is 5.88. The lowest BCUT2D eigenvalue weighted by atomic mass is 9.48. The number of rotatable bonds is 3.